The molecule has 1 aromatic carbocycles. The molecule has 23 heavy (non-hydrogen) atoms. The normalized spacial score (nSPS) is 29.6. The first-order chi connectivity index (χ1) is 11.2. The fourth-order valence-electron chi connectivity index (χ4n) is 3.57. The molecule has 0 amide bonds. The number of rotatable bonds is 4. The van der Waals surface area contributed by atoms with E-state index in [0.717, 1.165) is 12.0 Å². The van der Waals surface area contributed by atoms with Crippen molar-refractivity contribution in [2.75, 3.05) is 32.9 Å². The van der Waals surface area contributed by atoms with Crippen LogP contribution >= 0.6 is 0 Å². The molecule has 0 N–H and O–H groups in total. The Kier molecular flexibility index (Phi) is 4.99. The highest BCUT2D eigenvalue weighted by Gasteiger charge is 2.48. The van der Waals surface area contributed by atoms with Gasteiger partial charge < -0.3 is 14.2 Å². The van der Waals surface area contributed by atoms with Gasteiger partial charge in [-0.15, -0.1) is 0 Å². The lowest BCUT2D eigenvalue weighted by atomic mass is 9.92. The summed E-state index contributed by atoms with van der Waals surface area (Å²) in [6, 6.07) is 9.46. The number of ether oxygens (including phenoxy) is 3. The van der Waals surface area contributed by atoms with Gasteiger partial charge in [-0.05, 0) is 19.4 Å². The lowest BCUT2D eigenvalue weighted by Crippen LogP contribution is -2.57. The van der Waals surface area contributed by atoms with Gasteiger partial charge in [-0.1, -0.05) is 30.3 Å². The standard InChI is InChI=1S/C18H25NO4/c1-3-21-17(20)16(15-7-5-4-6-8-15)19-10-12-23-18(13-19)9-11-22-14(18)2/h4-8,14,16H,3,9-13H2,1-2H3/t14-,16-,18+/m0/s1. The van der Waals surface area contributed by atoms with E-state index in [9.17, 15) is 4.79 Å². The molecular formula is C18H25NO4. The summed E-state index contributed by atoms with van der Waals surface area (Å²) in [5.41, 5.74) is 0.659. The van der Waals surface area contributed by atoms with Crippen molar-refractivity contribution in [2.24, 2.45) is 0 Å². The molecule has 2 aliphatic heterocycles. The van der Waals surface area contributed by atoms with E-state index in [0.29, 0.717) is 32.9 Å². The monoisotopic (exact) mass is 319 g/mol. The molecule has 5 nitrogen and oxygen atoms in total. The van der Waals surface area contributed by atoms with Crippen LogP contribution in [-0.4, -0.2) is 55.5 Å². The Labute approximate surface area is 137 Å². The molecule has 0 unspecified atom stereocenters. The van der Waals surface area contributed by atoms with Crippen LogP contribution in [0.4, 0.5) is 0 Å². The average molecular weight is 319 g/mol. The van der Waals surface area contributed by atoms with Gasteiger partial charge in [-0.25, -0.2) is 4.79 Å². The second-order valence-electron chi connectivity index (χ2n) is 6.21. The molecule has 1 aromatic rings. The summed E-state index contributed by atoms with van der Waals surface area (Å²) < 4.78 is 17.1. The molecule has 2 aliphatic rings. The average Bonchev–Trinajstić information content (AvgIpc) is 2.89. The van der Waals surface area contributed by atoms with Gasteiger partial charge >= 0.3 is 5.97 Å². The highest BCUT2D eigenvalue weighted by Crippen LogP contribution is 2.36. The molecule has 2 heterocycles. The zero-order valence-corrected chi connectivity index (χ0v) is 13.9. The number of hydrogen-bond donors (Lipinski definition) is 0. The van der Waals surface area contributed by atoms with E-state index in [2.05, 4.69) is 11.8 Å². The predicted molar refractivity (Wildman–Crippen MR) is 86.1 cm³/mol. The largest absolute Gasteiger partial charge is 0.465 e. The summed E-state index contributed by atoms with van der Waals surface area (Å²) in [7, 11) is 0. The van der Waals surface area contributed by atoms with Gasteiger partial charge in [-0.3, -0.25) is 4.90 Å². The first kappa shape index (κ1) is 16.4. The summed E-state index contributed by atoms with van der Waals surface area (Å²) in [5.74, 6) is -0.192. The van der Waals surface area contributed by atoms with Gasteiger partial charge in [0.15, 0.2) is 0 Å². The maximum Gasteiger partial charge on any atom is 0.328 e. The van der Waals surface area contributed by atoms with Crippen molar-refractivity contribution < 1.29 is 19.0 Å². The zero-order chi connectivity index (χ0) is 16.3. The number of carbonyl (C=O) groups is 1. The van der Waals surface area contributed by atoms with Crippen LogP contribution in [0.1, 0.15) is 31.9 Å². The zero-order valence-electron chi connectivity index (χ0n) is 13.9. The first-order valence-electron chi connectivity index (χ1n) is 8.37. The van der Waals surface area contributed by atoms with Crippen molar-refractivity contribution >= 4 is 5.97 Å². The lowest BCUT2D eigenvalue weighted by Gasteiger charge is -2.44. The SMILES string of the molecule is CCOC(=O)[C@H](c1ccccc1)N1CCO[C@]2(CCO[C@H]2C)C1. The summed E-state index contributed by atoms with van der Waals surface area (Å²) >= 11 is 0. The van der Waals surface area contributed by atoms with Crippen LogP contribution in [-0.2, 0) is 19.0 Å². The van der Waals surface area contributed by atoms with Crippen LogP contribution in [0.25, 0.3) is 0 Å². The van der Waals surface area contributed by atoms with Crippen LogP contribution in [0.5, 0.6) is 0 Å². The van der Waals surface area contributed by atoms with E-state index < -0.39 is 0 Å². The van der Waals surface area contributed by atoms with E-state index in [1.165, 1.54) is 0 Å². The van der Waals surface area contributed by atoms with Crippen LogP contribution in [0.2, 0.25) is 0 Å². The molecule has 126 valence electrons. The van der Waals surface area contributed by atoms with Gasteiger partial charge in [0.05, 0.1) is 19.3 Å². The van der Waals surface area contributed by atoms with Gasteiger partial charge in [0.25, 0.3) is 0 Å². The molecule has 3 atom stereocenters. The lowest BCUT2D eigenvalue weighted by molar-refractivity contribution is -0.165. The van der Waals surface area contributed by atoms with Gasteiger partial charge in [0, 0.05) is 26.1 Å². The topological polar surface area (TPSA) is 48.0 Å². The molecule has 0 saturated carbocycles. The third-order valence-electron chi connectivity index (χ3n) is 4.86. The number of esters is 1. The van der Waals surface area contributed by atoms with Crippen molar-refractivity contribution in [1.82, 2.24) is 4.90 Å². The van der Waals surface area contributed by atoms with Gasteiger partial charge in [-0.2, -0.15) is 0 Å². The third kappa shape index (κ3) is 3.27. The van der Waals surface area contributed by atoms with E-state index in [1.807, 2.05) is 37.3 Å². The fraction of sp³-hybridized carbons (Fsp3) is 0.611. The predicted octanol–water partition coefficient (Wildman–Crippen LogP) is 2.17. The second-order valence-corrected chi connectivity index (χ2v) is 6.21. The molecule has 0 radical (unpaired) electrons. The van der Waals surface area contributed by atoms with Gasteiger partial charge in [0.1, 0.15) is 11.6 Å². The molecule has 1 spiro atoms. The minimum atomic E-state index is -0.385. The summed E-state index contributed by atoms with van der Waals surface area (Å²) in [5, 5.41) is 0. The van der Waals surface area contributed by atoms with E-state index in [-0.39, 0.29) is 23.7 Å². The fourth-order valence-corrected chi connectivity index (χ4v) is 3.57. The summed E-state index contributed by atoms with van der Waals surface area (Å²) in [6.07, 6.45) is 0.915. The number of nitrogens with zero attached hydrogens (tertiary/aromatic N) is 1. The van der Waals surface area contributed by atoms with Crippen LogP contribution < -0.4 is 0 Å². The number of carbonyl (C=O) groups excluding carboxylic acids is 1. The van der Waals surface area contributed by atoms with Crippen LogP contribution in [0.15, 0.2) is 30.3 Å². The molecule has 3 rings (SSSR count). The number of benzene rings is 1. The third-order valence-corrected chi connectivity index (χ3v) is 4.86. The highest BCUT2D eigenvalue weighted by atomic mass is 16.6. The second kappa shape index (κ2) is 6.99. The van der Waals surface area contributed by atoms with E-state index in [1.54, 1.807) is 0 Å². The Hall–Kier alpha value is -1.43. The Bertz CT molecular complexity index is 535. The number of morpholine rings is 1. The Morgan fingerprint density at radius 3 is 2.83 bits per heavy atom. The first-order valence-corrected chi connectivity index (χ1v) is 8.37. The Morgan fingerprint density at radius 2 is 2.17 bits per heavy atom. The van der Waals surface area contributed by atoms with Crippen molar-refractivity contribution in [3.63, 3.8) is 0 Å². The molecule has 2 fully saturated rings. The molecule has 2 saturated heterocycles. The van der Waals surface area contributed by atoms with Crippen molar-refractivity contribution in [2.45, 2.75) is 38.0 Å². The van der Waals surface area contributed by atoms with Crippen LogP contribution in [0, 0.1) is 0 Å². The minimum absolute atomic E-state index is 0.0453. The van der Waals surface area contributed by atoms with Crippen molar-refractivity contribution in [3.05, 3.63) is 35.9 Å². The maximum atomic E-state index is 12.6. The number of hydrogen-bond acceptors (Lipinski definition) is 5. The highest BCUT2D eigenvalue weighted by molar-refractivity contribution is 5.77. The van der Waals surface area contributed by atoms with Crippen LogP contribution in [0.3, 0.4) is 0 Å². The quantitative estimate of drug-likeness (QED) is 0.796. The van der Waals surface area contributed by atoms with Crippen molar-refractivity contribution in [1.29, 1.82) is 0 Å². The Morgan fingerprint density at radius 1 is 1.39 bits per heavy atom. The molecular weight excluding hydrogens is 294 g/mol. The smallest absolute Gasteiger partial charge is 0.328 e. The van der Waals surface area contributed by atoms with E-state index >= 15 is 0 Å². The molecule has 5 heteroatoms. The molecule has 0 aromatic heterocycles. The van der Waals surface area contributed by atoms with Crippen molar-refractivity contribution in [3.8, 4) is 0 Å². The molecule has 0 bridgehead atoms. The van der Waals surface area contributed by atoms with E-state index in [4.69, 9.17) is 14.2 Å². The van der Waals surface area contributed by atoms with Gasteiger partial charge in [0.2, 0.25) is 0 Å². The summed E-state index contributed by atoms with van der Waals surface area (Å²) in [6.45, 7) is 7.00. The maximum absolute atomic E-state index is 12.6. The minimum Gasteiger partial charge on any atom is -0.465 e. The molecule has 0 aliphatic carbocycles. The summed E-state index contributed by atoms with van der Waals surface area (Å²) in [4.78, 5) is 14.8. The Balaban J connectivity index is 1.86.